The van der Waals surface area contributed by atoms with E-state index in [0.29, 0.717) is 12.2 Å². The molecule has 0 radical (unpaired) electrons. The minimum absolute atomic E-state index is 0.257. The fraction of sp³-hybridized carbons (Fsp3) is 0.474. The second-order valence-corrected chi connectivity index (χ2v) is 6.37. The van der Waals surface area contributed by atoms with Crippen LogP contribution in [0.4, 0.5) is 5.82 Å². The maximum Gasteiger partial charge on any atom is 0.162 e. The molecule has 0 saturated carbocycles. The number of carbonyl (C=O) groups is 1. The number of hydrogen-bond donors (Lipinski definition) is 1. The summed E-state index contributed by atoms with van der Waals surface area (Å²) in [4.78, 5) is 17.9. The minimum atomic E-state index is 0.257. The van der Waals surface area contributed by atoms with Crippen LogP contribution in [0, 0.1) is 0 Å². The van der Waals surface area contributed by atoms with Crippen molar-refractivity contribution in [1.82, 2.24) is 9.88 Å². The fourth-order valence-corrected chi connectivity index (χ4v) is 2.78. The van der Waals surface area contributed by atoms with E-state index in [9.17, 15) is 4.79 Å². The van der Waals surface area contributed by atoms with E-state index in [1.807, 2.05) is 31.3 Å². The Labute approximate surface area is 139 Å². The molecule has 1 aromatic rings. The number of ketones is 1. The van der Waals surface area contributed by atoms with Crippen molar-refractivity contribution in [2.75, 3.05) is 19.3 Å². The summed E-state index contributed by atoms with van der Waals surface area (Å²) in [6.45, 7) is 3.90. The Bertz CT molecular complexity index is 587. The Morgan fingerprint density at radius 2 is 2.09 bits per heavy atom. The van der Waals surface area contributed by atoms with Crippen LogP contribution in [0.15, 0.2) is 41.6 Å². The second-order valence-electron chi connectivity index (χ2n) is 6.37. The number of anilines is 1. The van der Waals surface area contributed by atoms with Gasteiger partial charge in [-0.1, -0.05) is 30.2 Å². The molecule has 4 nitrogen and oxygen atoms in total. The van der Waals surface area contributed by atoms with Gasteiger partial charge in [-0.2, -0.15) is 0 Å². The quantitative estimate of drug-likeness (QED) is 0.746. The summed E-state index contributed by atoms with van der Waals surface area (Å²) in [7, 11) is 2.14. The third-order valence-corrected chi connectivity index (χ3v) is 4.20. The summed E-state index contributed by atoms with van der Waals surface area (Å²) in [5, 5.41) is 0. The number of nitrogens with two attached hydrogens (primary N) is 1. The molecule has 124 valence electrons. The Morgan fingerprint density at radius 1 is 1.26 bits per heavy atom. The molecule has 0 aromatic carbocycles. The summed E-state index contributed by atoms with van der Waals surface area (Å²) < 4.78 is 0. The number of aromatic nitrogens is 1. The van der Waals surface area contributed by atoms with Crippen molar-refractivity contribution in [3.63, 3.8) is 0 Å². The molecule has 2 rings (SSSR count). The van der Waals surface area contributed by atoms with Crippen LogP contribution in [-0.4, -0.2) is 29.3 Å². The second kappa shape index (κ2) is 8.63. The average molecular weight is 313 g/mol. The molecule has 0 spiro atoms. The molecule has 0 unspecified atom stereocenters. The van der Waals surface area contributed by atoms with Gasteiger partial charge in [0.05, 0.1) is 0 Å². The summed E-state index contributed by atoms with van der Waals surface area (Å²) in [6.07, 6.45) is 11.2. The topological polar surface area (TPSA) is 59.2 Å². The molecule has 0 bridgehead atoms. The van der Waals surface area contributed by atoms with Crippen molar-refractivity contribution in [3.05, 3.63) is 47.2 Å². The van der Waals surface area contributed by atoms with Crippen molar-refractivity contribution in [2.24, 2.45) is 0 Å². The largest absolute Gasteiger partial charge is 0.384 e. The molecule has 0 saturated heterocycles. The highest BCUT2D eigenvalue weighted by Gasteiger charge is 2.09. The Hall–Kier alpha value is -1.94. The number of Topliss-reactive ketones (excluding diaryl/α,β-unsaturated/α-hetero) is 1. The van der Waals surface area contributed by atoms with Crippen molar-refractivity contribution in [3.8, 4) is 0 Å². The molecule has 1 aromatic heterocycles. The van der Waals surface area contributed by atoms with Crippen molar-refractivity contribution in [1.29, 1.82) is 0 Å². The van der Waals surface area contributed by atoms with E-state index >= 15 is 0 Å². The number of carbonyl (C=O) groups excluding carboxylic acids is 1. The lowest BCUT2D eigenvalue weighted by Crippen LogP contribution is -2.19. The van der Waals surface area contributed by atoms with E-state index in [1.54, 1.807) is 0 Å². The normalized spacial score (nSPS) is 14.8. The smallest absolute Gasteiger partial charge is 0.162 e. The minimum Gasteiger partial charge on any atom is -0.384 e. The van der Waals surface area contributed by atoms with Crippen LogP contribution in [-0.2, 0) is 11.3 Å². The van der Waals surface area contributed by atoms with Gasteiger partial charge in [0.1, 0.15) is 5.82 Å². The summed E-state index contributed by atoms with van der Waals surface area (Å²) in [6, 6.07) is 3.88. The number of nitrogen functional groups attached to an aromatic ring is 1. The van der Waals surface area contributed by atoms with Gasteiger partial charge in [-0.05, 0) is 57.0 Å². The van der Waals surface area contributed by atoms with Gasteiger partial charge in [-0.3, -0.25) is 4.79 Å². The standard InChI is InChI=1S/C19H27N3O/c1-15-12-16(7-9-18(15)23)6-4-3-5-11-22(2)14-17-8-10-19(20)21-13-17/h7-8,10,12-13H,3-6,9,11,14H2,1-2H3,(H2,20,21). The lowest BCUT2D eigenvalue weighted by Gasteiger charge is -2.16. The van der Waals surface area contributed by atoms with E-state index in [2.05, 4.69) is 23.0 Å². The van der Waals surface area contributed by atoms with E-state index < -0.39 is 0 Å². The third kappa shape index (κ3) is 5.99. The predicted octanol–water partition coefficient (Wildman–Crippen LogP) is 3.50. The molecule has 1 heterocycles. The zero-order valence-electron chi connectivity index (χ0n) is 14.2. The predicted molar refractivity (Wildman–Crippen MR) is 94.9 cm³/mol. The molecular weight excluding hydrogens is 286 g/mol. The van der Waals surface area contributed by atoms with E-state index in [1.165, 1.54) is 30.4 Å². The highest BCUT2D eigenvalue weighted by Crippen LogP contribution is 2.19. The zero-order valence-corrected chi connectivity index (χ0v) is 14.2. The SMILES string of the molecule is CC1=CC(CCCCCN(C)Cc2ccc(N)nc2)=CCC1=O. The highest BCUT2D eigenvalue weighted by molar-refractivity contribution is 5.97. The Morgan fingerprint density at radius 3 is 2.78 bits per heavy atom. The first-order valence-corrected chi connectivity index (χ1v) is 8.34. The van der Waals surface area contributed by atoms with Crippen molar-refractivity contribution >= 4 is 11.6 Å². The maximum atomic E-state index is 11.4. The van der Waals surface area contributed by atoms with Crippen LogP contribution in [0.5, 0.6) is 0 Å². The number of hydrogen-bond acceptors (Lipinski definition) is 4. The first kappa shape index (κ1) is 17.4. The Balaban J connectivity index is 1.60. The lowest BCUT2D eigenvalue weighted by molar-refractivity contribution is -0.114. The fourth-order valence-electron chi connectivity index (χ4n) is 2.78. The van der Waals surface area contributed by atoms with Gasteiger partial charge in [0.2, 0.25) is 0 Å². The molecule has 0 amide bonds. The molecule has 0 fully saturated rings. The van der Waals surface area contributed by atoms with Crippen LogP contribution in [0.25, 0.3) is 0 Å². The molecule has 23 heavy (non-hydrogen) atoms. The average Bonchev–Trinajstić information content (AvgIpc) is 2.53. The van der Waals surface area contributed by atoms with Gasteiger partial charge in [-0.15, -0.1) is 0 Å². The molecule has 2 N–H and O–H groups in total. The van der Waals surface area contributed by atoms with Crippen LogP contribution < -0.4 is 5.73 Å². The van der Waals surface area contributed by atoms with Crippen LogP contribution >= 0.6 is 0 Å². The maximum absolute atomic E-state index is 11.4. The van der Waals surface area contributed by atoms with Crippen LogP contribution in [0.3, 0.4) is 0 Å². The third-order valence-electron chi connectivity index (χ3n) is 4.20. The van der Waals surface area contributed by atoms with Gasteiger partial charge >= 0.3 is 0 Å². The molecular formula is C19H27N3O. The monoisotopic (exact) mass is 313 g/mol. The van der Waals surface area contributed by atoms with Gasteiger partial charge in [-0.25, -0.2) is 4.98 Å². The van der Waals surface area contributed by atoms with E-state index in [-0.39, 0.29) is 5.78 Å². The number of unbranched alkanes of at least 4 members (excludes halogenated alkanes) is 2. The Kier molecular flexibility index (Phi) is 6.53. The van der Waals surface area contributed by atoms with Gasteiger partial charge in [0, 0.05) is 19.2 Å². The van der Waals surface area contributed by atoms with Crippen molar-refractivity contribution < 1.29 is 4.79 Å². The van der Waals surface area contributed by atoms with Crippen molar-refractivity contribution in [2.45, 2.75) is 45.6 Å². The molecule has 0 aliphatic heterocycles. The molecule has 1 aliphatic carbocycles. The van der Waals surface area contributed by atoms with Gasteiger partial charge in [0.25, 0.3) is 0 Å². The number of nitrogens with zero attached hydrogens (tertiary/aromatic N) is 2. The van der Waals surface area contributed by atoms with Gasteiger partial charge in [0.15, 0.2) is 5.78 Å². The summed E-state index contributed by atoms with van der Waals surface area (Å²) >= 11 is 0. The summed E-state index contributed by atoms with van der Waals surface area (Å²) in [5.41, 5.74) is 9.02. The number of allylic oxidation sites excluding steroid dienone is 4. The molecule has 1 aliphatic rings. The molecule has 4 heteroatoms. The van der Waals surface area contributed by atoms with Crippen LogP contribution in [0.2, 0.25) is 0 Å². The highest BCUT2D eigenvalue weighted by atomic mass is 16.1. The zero-order chi connectivity index (χ0) is 16.7. The van der Waals surface area contributed by atoms with Crippen LogP contribution in [0.1, 0.15) is 44.6 Å². The summed E-state index contributed by atoms with van der Waals surface area (Å²) in [5.74, 6) is 0.826. The molecule has 0 atom stereocenters. The first-order chi connectivity index (χ1) is 11.0. The van der Waals surface area contributed by atoms with Gasteiger partial charge < -0.3 is 10.6 Å². The van der Waals surface area contributed by atoms with E-state index in [4.69, 9.17) is 5.73 Å². The number of pyridine rings is 1. The first-order valence-electron chi connectivity index (χ1n) is 8.34. The van der Waals surface area contributed by atoms with E-state index in [0.717, 1.165) is 25.1 Å². The number of rotatable bonds is 8. The lowest BCUT2D eigenvalue weighted by atomic mass is 9.96.